The van der Waals surface area contributed by atoms with Crippen LogP contribution in [0, 0.1) is 5.92 Å². The minimum absolute atomic E-state index is 0.174. The zero-order valence-corrected chi connectivity index (χ0v) is 12.6. The van der Waals surface area contributed by atoms with Crippen molar-refractivity contribution < 1.29 is 0 Å². The molecule has 1 heterocycles. The van der Waals surface area contributed by atoms with Gasteiger partial charge < -0.3 is 5.32 Å². The second-order valence-corrected chi connectivity index (χ2v) is 5.59. The Hall–Kier alpha value is -1.67. The van der Waals surface area contributed by atoms with Crippen molar-refractivity contribution in [3.63, 3.8) is 0 Å². The first-order valence-corrected chi connectivity index (χ1v) is 7.44. The fourth-order valence-corrected chi connectivity index (χ4v) is 2.52. The normalized spacial score (nSPS) is 12.6. The van der Waals surface area contributed by atoms with Gasteiger partial charge in [0, 0.05) is 6.20 Å². The van der Waals surface area contributed by atoms with E-state index in [1.54, 1.807) is 0 Å². The van der Waals surface area contributed by atoms with Gasteiger partial charge in [0.05, 0.1) is 11.7 Å². The van der Waals surface area contributed by atoms with E-state index >= 15 is 0 Å². The van der Waals surface area contributed by atoms with Gasteiger partial charge in [-0.1, -0.05) is 51.1 Å². The summed E-state index contributed by atoms with van der Waals surface area (Å²) in [4.78, 5) is 4.50. The van der Waals surface area contributed by atoms with Crippen molar-refractivity contribution >= 4 is 0 Å². The molecule has 0 saturated heterocycles. The van der Waals surface area contributed by atoms with Crippen LogP contribution in [0.15, 0.2) is 48.7 Å². The summed E-state index contributed by atoms with van der Waals surface area (Å²) in [5, 5.41) is 3.53. The Morgan fingerprint density at radius 2 is 1.95 bits per heavy atom. The van der Waals surface area contributed by atoms with Gasteiger partial charge in [-0.2, -0.15) is 0 Å². The summed E-state index contributed by atoms with van der Waals surface area (Å²) >= 11 is 0. The molecule has 0 aliphatic rings. The number of rotatable bonds is 6. The van der Waals surface area contributed by atoms with Crippen LogP contribution in [0.25, 0.3) is 0 Å². The van der Waals surface area contributed by atoms with Crippen molar-refractivity contribution in [1.82, 2.24) is 10.3 Å². The van der Waals surface area contributed by atoms with Crippen LogP contribution in [0.5, 0.6) is 0 Å². The third-order valence-corrected chi connectivity index (χ3v) is 3.32. The molecule has 1 aromatic carbocycles. The van der Waals surface area contributed by atoms with Crippen molar-refractivity contribution in [2.45, 2.75) is 33.2 Å². The van der Waals surface area contributed by atoms with Crippen LogP contribution in [0.1, 0.15) is 43.6 Å². The van der Waals surface area contributed by atoms with Crippen molar-refractivity contribution in [3.8, 4) is 0 Å². The molecule has 0 fully saturated rings. The quantitative estimate of drug-likeness (QED) is 0.857. The smallest absolute Gasteiger partial charge is 0.0751 e. The Labute approximate surface area is 122 Å². The van der Waals surface area contributed by atoms with Gasteiger partial charge in [-0.3, -0.25) is 4.98 Å². The molecular formula is C18H24N2. The Kier molecular flexibility index (Phi) is 5.31. The van der Waals surface area contributed by atoms with Crippen molar-refractivity contribution in [2.24, 2.45) is 5.92 Å². The molecule has 0 radical (unpaired) electrons. The van der Waals surface area contributed by atoms with Gasteiger partial charge in [0.25, 0.3) is 0 Å². The molecular weight excluding hydrogens is 244 g/mol. The molecule has 20 heavy (non-hydrogen) atoms. The number of nitrogens with zero attached hydrogens (tertiary/aromatic N) is 1. The average molecular weight is 268 g/mol. The number of aromatic nitrogens is 1. The van der Waals surface area contributed by atoms with Crippen molar-refractivity contribution in [2.75, 3.05) is 6.54 Å². The molecule has 0 bridgehead atoms. The van der Waals surface area contributed by atoms with E-state index in [1.165, 1.54) is 11.1 Å². The minimum atomic E-state index is 0.174. The average Bonchev–Trinajstić information content (AvgIpc) is 2.45. The Balaban J connectivity index is 2.30. The van der Waals surface area contributed by atoms with Gasteiger partial charge in [0.15, 0.2) is 0 Å². The molecule has 1 atom stereocenters. The van der Waals surface area contributed by atoms with Crippen molar-refractivity contribution in [1.29, 1.82) is 0 Å². The SMILES string of the molecule is CCNC(c1cccc(CC(C)C)c1)c1ccccn1. The van der Waals surface area contributed by atoms with E-state index in [4.69, 9.17) is 0 Å². The maximum absolute atomic E-state index is 4.50. The molecule has 1 unspecified atom stereocenters. The number of nitrogens with one attached hydrogen (secondary N) is 1. The van der Waals surface area contributed by atoms with Crippen LogP contribution in [-0.4, -0.2) is 11.5 Å². The van der Waals surface area contributed by atoms with Crippen LogP contribution in [0.4, 0.5) is 0 Å². The van der Waals surface area contributed by atoms with Crippen LogP contribution in [-0.2, 0) is 6.42 Å². The van der Waals surface area contributed by atoms with Gasteiger partial charge >= 0.3 is 0 Å². The van der Waals surface area contributed by atoms with E-state index in [0.29, 0.717) is 5.92 Å². The van der Waals surface area contributed by atoms with E-state index in [1.807, 2.05) is 18.3 Å². The largest absolute Gasteiger partial charge is 0.305 e. The molecule has 106 valence electrons. The molecule has 0 amide bonds. The third kappa shape index (κ3) is 3.91. The van der Waals surface area contributed by atoms with Crippen LogP contribution >= 0.6 is 0 Å². The summed E-state index contributed by atoms with van der Waals surface area (Å²) < 4.78 is 0. The molecule has 2 heteroatoms. The van der Waals surface area contributed by atoms with E-state index in [2.05, 4.69) is 61.4 Å². The van der Waals surface area contributed by atoms with Crippen LogP contribution in [0.3, 0.4) is 0 Å². The zero-order valence-electron chi connectivity index (χ0n) is 12.6. The van der Waals surface area contributed by atoms with Gasteiger partial charge in [-0.15, -0.1) is 0 Å². The first-order valence-electron chi connectivity index (χ1n) is 7.44. The maximum Gasteiger partial charge on any atom is 0.0751 e. The zero-order chi connectivity index (χ0) is 14.4. The fourth-order valence-electron chi connectivity index (χ4n) is 2.52. The molecule has 0 aliphatic heterocycles. The lowest BCUT2D eigenvalue weighted by Crippen LogP contribution is -2.23. The van der Waals surface area contributed by atoms with E-state index in [9.17, 15) is 0 Å². The Bertz CT molecular complexity index is 520. The number of pyridine rings is 1. The lowest BCUT2D eigenvalue weighted by molar-refractivity contribution is 0.611. The highest BCUT2D eigenvalue weighted by Crippen LogP contribution is 2.22. The molecule has 1 aromatic heterocycles. The van der Waals surface area contributed by atoms with Crippen LogP contribution in [0.2, 0.25) is 0 Å². The minimum Gasteiger partial charge on any atom is -0.305 e. The Morgan fingerprint density at radius 3 is 2.60 bits per heavy atom. The third-order valence-electron chi connectivity index (χ3n) is 3.32. The van der Waals surface area contributed by atoms with Crippen LogP contribution < -0.4 is 5.32 Å². The summed E-state index contributed by atoms with van der Waals surface area (Å²) in [5.74, 6) is 0.678. The predicted molar refractivity (Wildman–Crippen MR) is 84.7 cm³/mol. The summed E-state index contributed by atoms with van der Waals surface area (Å²) in [5.41, 5.74) is 3.77. The lowest BCUT2D eigenvalue weighted by atomic mass is 9.96. The predicted octanol–water partition coefficient (Wildman–Crippen LogP) is 3.98. The Morgan fingerprint density at radius 1 is 1.10 bits per heavy atom. The molecule has 2 aromatic rings. The van der Waals surface area contributed by atoms with Gasteiger partial charge in [0.1, 0.15) is 0 Å². The monoisotopic (exact) mass is 268 g/mol. The number of hydrogen-bond acceptors (Lipinski definition) is 2. The van der Waals surface area contributed by atoms with Gasteiger partial charge in [0.2, 0.25) is 0 Å². The van der Waals surface area contributed by atoms with Gasteiger partial charge in [-0.05, 0) is 42.1 Å². The summed E-state index contributed by atoms with van der Waals surface area (Å²) in [7, 11) is 0. The molecule has 2 rings (SSSR count). The fraction of sp³-hybridized carbons (Fsp3) is 0.389. The second-order valence-electron chi connectivity index (χ2n) is 5.59. The van der Waals surface area contributed by atoms with Gasteiger partial charge in [-0.25, -0.2) is 0 Å². The van der Waals surface area contributed by atoms with E-state index in [0.717, 1.165) is 18.7 Å². The summed E-state index contributed by atoms with van der Waals surface area (Å²) in [6.07, 6.45) is 2.98. The molecule has 0 aliphatic carbocycles. The highest BCUT2D eigenvalue weighted by atomic mass is 14.9. The highest BCUT2D eigenvalue weighted by Gasteiger charge is 2.14. The van der Waals surface area contributed by atoms with Crippen molar-refractivity contribution in [3.05, 3.63) is 65.5 Å². The molecule has 2 nitrogen and oxygen atoms in total. The maximum atomic E-state index is 4.50. The molecule has 0 spiro atoms. The number of hydrogen-bond donors (Lipinski definition) is 1. The first-order chi connectivity index (χ1) is 9.70. The summed E-state index contributed by atoms with van der Waals surface area (Å²) in [6.45, 7) is 7.57. The molecule has 1 N–H and O–H groups in total. The molecule has 0 saturated carbocycles. The number of benzene rings is 1. The first kappa shape index (κ1) is 14.7. The second kappa shape index (κ2) is 7.20. The highest BCUT2D eigenvalue weighted by molar-refractivity contribution is 5.31. The van der Waals surface area contributed by atoms with E-state index in [-0.39, 0.29) is 6.04 Å². The van der Waals surface area contributed by atoms with E-state index < -0.39 is 0 Å². The summed E-state index contributed by atoms with van der Waals surface area (Å²) in [6, 6.07) is 15.1. The standard InChI is InChI=1S/C18H24N2/c1-4-19-18(17-10-5-6-11-20-17)16-9-7-8-15(13-16)12-14(2)3/h5-11,13-14,18-19H,4,12H2,1-3H3. The topological polar surface area (TPSA) is 24.9 Å². The lowest BCUT2D eigenvalue weighted by Gasteiger charge is -2.19.